The van der Waals surface area contributed by atoms with Crippen LogP contribution in [0.4, 0.5) is 0 Å². The largest absolute Gasteiger partial charge is 0.350 e. The SMILES string of the molecule is CC(C)NC(=O)c1cc(S(=O)(=O)N2CCCC2)ccc1Cl. The minimum absolute atomic E-state index is 0.0487. The number of rotatable bonds is 4. The number of halogens is 1. The number of carbonyl (C=O) groups is 1. The Labute approximate surface area is 130 Å². The van der Waals surface area contributed by atoms with Crippen molar-refractivity contribution in [2.75, 3.05) is 13.1 Å². The van der Waals surface area contributed by atoms with E-state index in [-0.39, 0.29) is 27.4 Å². The van der Waals surface area contributed by atoms with Crippen molar-refractivity contribution in [3.8, 4) is 0 Å². The Bertz CT molecular complexity index is 638. The molecule has 1 saturated heterocycles. The minimum Gasteiger partial charge on any atom is -0.350 e. The fraction of sp³-hybridized carbons (Fsp3) is 0.500. The van der Waals surface area contributed by atoms with Gasteiger partial charge in [0.1, 0.15) is 0 Å². The average molecular weight is 331 g/mol. The van der Waals surface area contributed by atoms with Crippen molar-refractivity contribution < 1.29 is 13.2 Å². The van der Waals surface area contributed by atoms with Crippen molar-refractivity contribution in [2.45, 2.75) is 37.6 Å². The number of hydrogen-bond donors (Lipinski definition) is 1. The molecule has 0 aliphatic carbocycles. The van der Waals surface area contributed by atoms with Crippen LogP contribution in [0.1, 0.15) is 37.0 Å². The van der Waals surface area contributed by atoms with Crippen LogP contribution in [0.3, 0.4) is 0 Å². The van der Waals surface area contributed by atoms with Gasteiger partial charge < -0.3 is 5.32 Å². The van der Waals surface area contributed by atoms with E-state index in [4.69, 9.17) is 11.6 Å². The van der Waals surface area contributed by atoms with Crippen LogP contribution < -0.4 is 5.32 Å². The number of nitrogens with one attached hydrogen (secondary N) is 1. The van der Waals surface area contributed by atoms with E-state index in [0.29, 0.717) is 13.1 Å². The summed E-state index contributed by atoms with van der Waals surface area (Å²) in [6.07, 6.45) is 1.74. The summed E-state index contributed by atoms with van der Waals surface area (Å²) in [7, 11) is -3.55. The summed E-state index contributed by atoms with van der Waals surface area (Å²) in [6.45, 7) is 4.71. The summed E-state index contributed by atoms with van der Waals surface area (Å²) >= 11 is 6.02. The lowest BCUT2D eigenvalue weighted by Gasteiger charge is -2.17. The average Bonchev–Trinajstić information content (AvgIpc) is 2.92. The van der Waals surface area contributed by atoms with Gasteiger partial charge in [-0.2, -0.15) is 4.31 Å². The number of carbonyl (C=O) groups excluding carboxylic acids is 1. The Morgan fingerprint density at radius 3 is 2.48 bits per heavy atom. The molecular weight excluding hydrogens is 312 g/mol. The molecule has 0 radical (unpaired) electrons. The van der Waals surface area contributed by atoms with Gasteiger partial charge in [-0.15, -0.1) is 0 Å². The summed E-state index contributed by atoms with van der Waals surface area (Å²) in [4.78, 5) is 12.2. The van der Waals surface area contributed by atoms with Crippen LogP contribution >= 0.6 is 11.6 Å². The number of amides is 1. The predicted octanol–water partition coefficient (Wildman–Crippen LogP) is 2.26. The third kappa shape index (κ3) is 3.56. The standard InChI is InChI=1S/C14H19ClN2O3S/c1-10(2)16-14(18)12-9-11(5-6-13(12)15)21(19,20)17-7-3-4-8-17/h5-6,9-10H,3-4,7-8H2,1-2H3,(H,16,18). The van der Waals surface area contributed by atoms with Crippen LogP contribution in [-0.2, 0) is 10.0 Å². The highest BCUT2D eigenvalue weighted by atomic mass is 35.5. The van der Waals surface area contributed by atoms with E-state index >= 15 is 0 Å². The number of nitrogens with zero attached hydrogens (tertiary/aromatic N) is 1. The fourth-order valence-electron chi connectivity index (χ4n) is 2.26. The van der Waals surface area contributed by atoms with E-state index < -0.39 is 10.0 Å². The number of sulfonamides is 1. The molecule has 2 rings (SSSR count). The monoisotopic (exact) mass is 330 g/mol. The molecule has 7 heteroatoms. The van der Waals surface area contributed by atoms with Gasteiger partial charge in [-0.1, -0.05) is 11.6 Å². The summed E-state index contributed by atoms with van der Waals surface area (Å²) in [5.74, 6) is -0.367. The summed E-state index contributed by atoms with van der Waals surface area (Å²) in [6, 6.07) is 4.21. The molecule has 1 aliphatic rings. The van der Waals surface area contributed by atoms with E-state index in [1.807, 2.05) is 13.8 Å². The maximum Gasteiger partial charge on any atom is 0.253 e. The van der Waals surface area contributed by atoms with Crippen molar-refractivity contribution in [1.29, 1.82) is 0 Å². The van der Waals surface area contributed by atoms with Gasteiger partial charge in [0.15, 0.2) is 0 Å². The summed E-state index contributed by atoms with van der Waals surface area (Å²) < 4.78 is 26.4. The normalized spacial score (nSPS) is 16.4. The number of hydrogen-bond acceptors (Lipinski definition) is 3. The first-order valence-electron chi connectivity index (χ1n) is 6.93. The first-order chi connectivity index (χ1) is 9.82. The molecule has 0 spiro atoms. The number of benzene rings is 1. The molecule has 0 aromatic heterocycles. The zero-order valence-electron chi connectivity index (χ0n) is 12.1. The van der Waals surface area contributed by atoms with E-state index in [1.54, 1.807) is 0 Å². The quantitative estimate of drug-likeness (QED) is 0.920. The molecule has 0 unspecified atom stereocenters. The molecule has 1 fully saturated rings. The topological polar surface area (TPSA) is 66.5 Å². The van der Waals surface area contributed by atoms with E-state index in [9.17, 15) is 13.2 Å². The highest BCUT2D eigenvalue weighted by molar-refractivity contribution is 7.89. The Morgan fingerprint density at radius 2 is 1.90 bits per heavy atom. The molecule has 1 amide bonds. The van der Waals surface area contributed by atoms with Crippen molar-refractivity contribution >= 4 is 27.5 Å². The second-order valence-electron chi connectivity index (χ2n) is 5.38. The Kier molecular flexibility index (Phi) is 4.91. The minimum atomic E-state index is -3.55. The first-order valence-corrected chi connectivity index (χ1v) is 8.75. The third-order valence-corrected chi connectivity index (χ3v) is 5.53. The molecule has 0 bridgehead atoms. The molecule has 1 heterocycles. The van der Waals surface area contributed by atoms with Crippen LogP contribution in [0.2, 0.25) is 5.02 Å². The molecule has 21 heavy (non-hydrogen) atoms. The van der Waals surface area contributed by atoms with Gasteiger partial charge in [0.25, 0.3) is 5.91 Å². The van der Waals surface area contributed by atoms with Crippen LogP contribution in [0, 0.1) is 0 Å². The third-order valence-electron chi connectivity index (χ3n) is 3.31. The van der Waals surface area contributed by atoms with Crippen molar-refractivity contribution in [3.63, 3.8) is 0 Å². The molecule has 5 nitrogen and oxygen atoms in total. The maximum absolute atomic E-state index is 12.5. The fourth-order valence-corrected chi connectivity index (χ4v) is 4.00. The Balaban J connectivity index is 2.36. The second-order valence-corrected chi connectivity index (χ2v) is 7.73. The summed E-state index contributed by atoms with van der Waals surface area (Å²) in [5.41, 5.74) is 0.186. The van der Waals surface area contributed by atoms with E-state index in [2.05, 4.69) is 5.32 Å². The molecule has 1 aliphatic heterocycles. The molecular formula is C14H19ClN2O3S. The predicted molar refractivity (Wildman–Crippen MR) is 82.0 cm³/mol. The van der Waals surface area contributed by atoms with Crippen LogP contribution in [-0.4, -0.2) is 37.8 Å². The molecule has 0 saturated carbocycles. The first kappa shape index (κ1) is 16.3. The molecule has 116 valence electrons. The molecule has 1 aromatic carbocycles. The van der Waals surface area contributed by atoms with Gasteiger partial charge in [0.2, 0.25) is 10.0 Å². The van der Waals surface area contributed by atoms with Gasteiger partial charge in [-0.3, -0.25) is 4.79 Å². The van der Waals surface area contributed by atoms with E-state index in [0.717, 1.165) is 12.8 Å². The lowest BCUT2D eigenvalue weighted by atomic mass is 10.2. The highest BCUT2D eigenvalue weighted by Gasteiger charge is 2.28. The lowest BCUT2D eigenvalue weighted by molar-refractivity contribution is 0.0943. The molecule has 0 atom stereocenters. The van der Waals surface area contributed by atoms with Crippen molar-refractivity contribution in [2.24, 2.45) is 0 Å². The Morgan fingerprint density at radius 1 is 1.29 bits per heavy atom. The molecule has 1 N–H and O–H groups in total. The highest BCUT2D eigenvalue weighted by Crippen LogP contribution is 2.25. The zero-order valence-corrected chi connectivity index (χ0v) is 13.7. The zero-order chi connectivity index (χ0) is 15.6. The maximum atomic E-state index is 12.5. The van der Waals surface area contributed by atoms with Crippen molar-refractivity contribution in [3.05, 3.63) is 28.8 Å². The van der Waals surface area contributed by atoms with E-state index in [1.165, 1.54) is 22.5 Å². The van der Waals surface area contributed by atoms with Gasteiger partial charge in [0, 0.05) is 19.1 Å². The van der Waals surface area contributed by atoms with Crippen LogP contribution in [0.15, 0.2) is 23.1 Å². The van der Waals surface area contributed by atoms with Gasteiger partial charge in [-0.05, 0) is 44.9 Å². The van der Waals surface area contributed by atoms with Gasteiger partial charge in [-0.25, -0.2) is 8.42 Å². The second kappa shape index (κ2) is 6.34. The van der Waals surface area contributed by atoms with Crippen LogP contribution in [0.5, 0.6) is 0 Å². The smallest absolute Gasteiger partial charge is 0.253 e. The molecule has 1 aromatic rings. The Hall–Kier alpha value is -1.11. The lowest BCUT2D eigenvalue weighted by Crippen LogP contribution is -2.31. The van der Waals surface area contributed by atoms with Gasteiger partial charge in [0.05, 0.1) is 15.5 Å². The van der Waals surface area contributed by atoms with Crippen LogP contribution in [0.25, 0.3) is 0 Å². The van der Waals surface area contributed by atoms with Crippen molar-refractivity contribution in [1.82, 2.24) is 9.62 Å². The van der Waals surface area contributed by atoms with Gasteiger partial charge >= 0.3 is 0 Å². The summed E-state index contributed by atoms with van der Waals surface area (Å²) in [5, 5.41) is 2.96.